The second-order valence-corrected chi connectivity index (χ2v) is 5.42. The molecule has 2 aromatic rings. The van der Waals surface area contributed by atoms with Gasteiger partial charge in [0.15, 0.2) is 0 Å². The van der Waals surface area contributed by atoms with E-state index < -0.39 is 0 Å². The lowest BCUT2D eigenvalue weighted by Gasteiger charge is -2.07. The van der Waals surface area contributed by atoms with Gasteiger partial charge in [0, 0.05) is 11.3 Å². The van der Waals surface area contributed by atoms with Crippen molar-refractivity contribution < 1.29 is 9.59 Å². The summed E-state index contributed by atoms with van der Waals surface area (Å²) in [6.45, 7) is 0. The van der Waals surface area contributed by atoms with Crippen molar-refractivity contribution in [1.82, 2.24) is 0 Å². The van der Waals surface area contributed by atoms with Crippen molar-refractivity contribution in [2.75, 3.05) is 5.32 Å². The van der Waals surface area contributed by atoms with Gasteiger partial charge in [-0.05, 0) is 60.2 Å². The van der Waals surface area contributed by atoms with Crippen LogP contribution in [-0.4, -0.2) is 12.2 Å². The first-order chi connectivity index (χ1) is 10.2. The minimum atomic E-state index is -0.0354. The quantitative estimate of drug-likeness (QED) is 0.874. The van der Waals surface area contributed by atoms with Gasteiger partial charge in [0.25, 0.3) is 0 Å². The van der Waals surface area contributed by atoms with Gasteiger partial charge in [-0.1, -0.05) is 18.2 Å². The second-order valence-electron chi connectivity index (χ2n) is 5.42. The Balaban J connectivity index is 1.64. The van der Waals surface area contributed by atoms with Crippen LogP contribution in [0.4, 0.5) is 5.69 Å². The Hall–Kier alpha value is -2.42. The molecule has 0 fully saturated rings. The maximum absolute atomic E-state index is 12.1. The molecule has 1 N–H and O–H groups in total. The van der Waals surface area contributed by atoms with Gasteiger partial charge in [0.05, 0.1) is 6.42 Å². The van der Waals surface area contributed by atoms with Gasteiger partial charge in [-0.25, -0.2) is 0 Å². The standard InChI is InChI=1S/C18H17NO2/c20-12-13-5-8-17(9-6-13)19-18(21)11-14-4-7-15-2-1-3-16(15)10-14/h4-10,12H,1-3,11H2,(H,19,21). The molecule has 3 rings (SSSR count). The summed E-state index contributed by atoms with van der Waals surface area (Å²) in [6.07, 6.45) is 4.66. The third kappa shape index (κ3) is 3.19. The highest BCUT2D eigenvalue weighted by molar-refractivity contribution is 5.92. The van der Waals surface area contributed by atoms with E-state index in [-0.39, 0.29) is 5.91 Å². The third-order valence-corrected chi connectivity index (χ3v) is 3.86. The van der Waals surface area contributed by atoms with Crippen LogP contribution in [-0.2, 0) is 24.1 Å². The molecule has 1 amide bonds. The summed E-state index contributed by atoms with van der Waals surface area (Å²) < 4.78 is 0. The maximum atomic E-state index is 12.1. The smallest absolute Gasteiger partial charge is 0.228 e. The number of fused-ring (bicyclic) bond motifs is 1. The Morgan fingerprint density at radius 1 is 1.05 bits per heavy atom. The average molecular weight is 279 g/mol. The van der Waals surface area contributed by atoms with E-state index in [2.05, 4.69) is 17.4 Å². The topological polar surface area (TPSA) is 46.2 Å². The second kappa shape index (κ2) is 5.92. The predicted octanol–water partition coefficient (Wildman–Crippen LogP) is 3.17. The summed E-state index contributed by atoms with van der Waals surface area (Å²) in [4.78, 5) is 22.6. The van der Waals surface area contributed by atoms with Gasteiger partial charge in [0.2, 0.25) is 5.91 Å². The summed E-state index contributed by atoms with van der Waals surface area (Å²) in [7, 11) is 0. The van der Waals surface area contributed by atoms with E-state index >= 15 is 0 Å². The molecule has 0 saturated heterocycles. The van der Waals surface area contributed by atoms with Crippen molar-refractivity contribution in [2.45, 2.75) is 25.7 Å². The predicted molar refractivity (Wildman–Crippen MR) is 82.6 cm³/mol. The summed E-state index contributed by atoms with van der Waals surface area (Å²) in [5.74, 6) is -0.0354. The minimum Gasteiger partial charge on any atom is -0.326 e. The molecule has 21 heavy (non-hydrogen) atoms. The molecule has 106 valence electrons. The Kier molecular flexibility index (Phi) is 3.82. The van der Waals surface area contributed by atoms with Crippen LogP contribution in [0.15, 0.2) is 42.5 Å². The molecule has 3 nitrogen and oxygen atoms in total. The van der Waals surface area contributed by atoms with E-state index in [4.69, 9.17) is 0 Å². The SMILES string of the molecule is O=Cc1ccc(NC(=O)Cc2ccc3c(c2)CCC3)cc1. The van der Waals surface area contributed by atoms with Crippen molar-refractivity contribution >= 4 is 17.9 Å². The molecule has 0 aromatic heterocycles. The summed E-state index contributed by atoms with van der Waals surface area (Å²) >= 11 is 0. The fourth-order valence-corrected chi connectivity index (χ4v) is 2.77. The molecule has 0 aliphatic heterocycles. The first kappa shape index (κ1) is 13.6. The first-order valence-electron chi connectivity index (χ1n) is 7.20. The number of benzene rings is 2. The largest absolute Gasteiger partial charge is 0.326 e. The van der Waals surface area contributed by atoms with Crippen LogP contribution < -0.4 is 5.32 Å². The van der Waals surface area contributed by atoms with Crippen LogP contribution in [0.1, 0.15) is 33.5 Å². The third-order valence-electron chi connectivity index (χ3n) is 3.86. The highest BCUT2D eigenvalue weighted by atomic mass is 16.1. The molecule has 1 aliphatic carbocycles. The average Bonchev–Trinajstić information content (AvgIpc) is 2.95. The molecule has 0 atom stereocenters. The van der Waals surface area contributed by atoms with E-state index in [9.17, 15) is 9.59 Å². The van der Waals surface area contributed by atoms with Crippen LogP contribution in [0.3, 0.4) is 0 Å². The summed E-state index contributed by atoms with van der Waals surface area (Å²) in [5, 5.41) is 2.85. The molecular weight excluding hydrogens is 262 g/mol. The Bertz CT molecular complexity index is 674. The molecule has 2 aromatic carbocycles. The minimum absolute atomic E-state index is 0.0354. The number of nitrogens with one attached hydrogen (secondary N) is 1. The van der Waals surface area contributed by atoms with Crippen molar-refractivity contribution in [3.63, 3.8) is 0 Å². The number of anilines is 1. The zero-order valence-electron chi connectivity index (χ0n) is 11.8. The monoisotopic (exact) mass is 279 g/mol. The molecule has 0 unspecified atom stereocenters. The number of hydrogen-bond acceptors (Lipinski definition) is 2. The molecule has 0 radical (unpaired) electrons. The van der Waals surface area contributed by atoms with E-state index in [0.29, 0.717) is 17.7 Å². The molecule has 0 heterocycles. The maximum Gasteiger partial charge on any atom is 0.228 e. The number of amides is 1. The summed E-state index contributed by atoms with van der Waals surface area (Å²) in [6, 6.07) is 13.2. The van der Waals surface area contributed by atoms with Crippen molar-refractivity contribution in [2.24, 2.45) is 0 Å². The van der Waals surface area contributed by atoms with Crippen LogP contribution in [0.5, 0.6) is 0 Å². The van der Waals surface area contributed by atoms with E-state index in [1.165, 1.54) is 17.5 Å². The highest BCUT2D eigenvalue weighted by Gasteiger charge is 2.12. The zero-order chi connectivity index (χ0) is 14.7. The number of carbonyl (C=O) groups is 2. The highest BCUT2D eigenvalue weighted by Crippen LogP contribution is 2.23. The number of carbonyl (C=O) groups excluding carboxylic acids is 2. The number of aryl methyl sites for hydroxylation is 2. The Labute approximate surface area is 124 Å². The fourth-order valence-electron chi connectivity index (χ4n) is 2.77. The van der Waals surface area contributed by atoms with Crippen LogP contribution in [0.2, 0.25) is 0 Å². The first-order valence-corrected chi connectivity index (χ1v) is 7.20. The normalized spacial score (nSPS) is 12.8. The molecule has 0 bridgehead atoms. The van der Waals surface area contributed by atoms with E-state index in [1.807, 2.05) is 6.07 Å². The lowest BCUT2D eigenvalue weighted by Crippen LogP contribution is -2.14. The summed E-state index contributed by atoms with van der Waals surface area (Å²) in [5.41, 5.74) is 5.18. The molecular formula is C18H17NO2. The number of hydrogen-bond donors (Lipinski definition) is 1. The molecule has 0 spiro atoms. The molecule has 3 heteroatoms. The zero-order valence-corrected chi connectivity index (χ0v) is 11.8. The lowest BCUT2D eigenvalue weighted by atomic mass is 10.0. The number of rotatable bonds is 4. The van der Waals surface area contributed by atoms with Crippen LogP contribution in [0.25, 0.3) is 0 Å². The van der Waals surface area contributed by atoms with Crippen molar-refractivity contribution in [3.05, 3.63) is 64.7 Å². The van der Waals surface area contributed by atoms with Gasteiger partial charge in [-0.2, -0.15) is 0 Å². The van der Waals surface area contributed by atoms with Gasteiger partial charge < -0.3 is 5.32 Å². The van der Waals surface area contributed by atoms with Gasteiger partial charge in [-0.3, -0.25) is 9.59 Å². The Morgan fingerprint density at radius 2 is 1.81 bits per heavy atom. The lowest BCUT2D eigenvalue weighted by molar-refractivity contribution is -0.115. The van der Waals surface area contributed by atoms with Crippen LogP contribution >= 0.6 is 0 Å². The van der Waals surface area contributed by atoms with Gasteiger partial charge in [-0.15, -0.1) is 0 Å². The van der Waals surface area contributed by atoms with E-state index in [0.717, 1.165) is 24.7 Å². The van der Waals surface area contributed by atoms with Crippen molar-refractivity contribution in [1.29, 1.82) is 0 Å². The Morgan fingerprint density at radius 3 is 2.57 bits per heavy atom. The fraction of sp³-hybridized carbons (Fsp3) is 0.222. The van der Waals surface area contributed by atoms with Crippen LogP contribution in [0, 0.1) is 0 Å². The van der Waals surface area contributed by atoms with E-state index in [1.54, 1.807) is 24.3 Å². The number of aldehydes is 1. The molecule has 1 aliphatic rings. The van der Waals surface area contributed by atoms with Gasteiger partial charge in [0.1, 0.15) is 6.29 Å². The van der Waals surface area contributed by atoms with Gasteiger partial charge >= 0.3 is 0 Å². The molecule has 0 saturated carbocycles. The van der Waals surface area contributed by atoms with Crippen molar-refractivity contribution in [3.8, 4) is 0 Å².